The summed E-state index contributed by atoms with van der Waals surface area (Å²) in [6, 6.07) is 14.7. The summed E-state index contributed by atoms with van der Waals surface area (Å²) in [7, 11) is 3.06. The summed E-state index contributed by atoms with van der Waals surface area (Å²) in [5.74, 6) is 0.998. The van der Waals surface area contributed by atoms with Crippen LogP contribution in [-0.2, 0) is 4.79 Å². The quantitative estimate of drug-likeness (QED) is 0.328. The predicted molar refractivity (Wildman–Crippen MR) is 113 cm³/mol. The number of anilines is 1. The molecule has 0 atom stereocenters. The minimum atomic E-state index is -0.461. The molecule has 0 radical (unpaired) electrons. The van der Waals surface area contributed by atoms with Crippen LogP contribution in [0.5, 0.6) is 11.5 Å². The molecule has 0 spiro atoms. The van der Waals surface area contributed by atoms with Gasteiger partial charge in [-0.1, -0.05) is 23.9 Å². The van der Waals surface area contributed by atoms with Gasteiger partial charge in [0.1, 0.15) is 16.5 Å². The number of carbonyl (C=O) groups is 1. The van der Waals surface area contributed by atoms with E-state index in [4.69, 9.17) is 9.47 Å². The number of nitro benzene ring substituents is 1. The van der Waals surface area contributed by atoms with E-state index in [1.807, 2.05) is 0 Å². The van der Waals surface area contributed by atoms with Crippen molar-refractivity contribution in [2.75, 3.05) is 25.3 Å². The van der Waals surface area contributed by atoms with Crippen LogP contribution >= 0.6 is 11.8 Å². The van der Waals surface area contributed by atoms with Crippen LogP contribution in [0.3, 0.4) is 0 Å². The van der Waals surface area contributed by atoms with Crippen LogP contribution in [-0.4, -0.2) is 41.0 Å². The Bertz CT molecular complexity index is 1060. The maximum Gasteiger partial charge on any atom is 0.270 e. The zero-order valence-electron chi connectivity index (χ0n) is 16.2. The lowest BCUT2D eigenvalue weighted by Gasteiger charge is -2.11. The highest BCUT2D eigenvalue weighted by Crippen LogP contribution is 2.29. The predicted octanol–water partition coefficient (Wildman–Crippen LogP) is 3.80. The van der Waals surface area contributed by atoms with E-state index in [2.05, 4.69) is 15.5 Å². The highest BCUT2D eigenvalue weighted by molar-refractivity contribution is 7.99. The molecular weight excluding hydrogens is 408 g/mol. The summed E-state index contributed by atoms with van der Waals surface area (Å²) in [6.45, 7) is 0. The molecule has 0 aliphatic rings. The molecule has 1 heterocycles. The first-order valence-corrected chi connectivity index (χ1v) is 9.72. The van der Waals surface area contributed by atoms with E-state index < -0.39 is 4.92 Å². The summed E-state index contributed by atoms with van der Waals surface area (Å²) >= 11 is 1.22. The van der Waals surface area contributed by atoms with Gasteiger partial charge in [-0.3, -0.25) is 14.9 Å². The van der Waals surface area contributed by atoms with Crippen molar-refractivity contribution in [3.05, 3.63) is 64.7 Å². The molecule has 10 heteroatoms. The van der Waals surface area contributed by atoms with Gasteiger partial charge in [0.25, 0.3) is 5.69 Å². The lowest BCUT2D eigenvalue weighted by atomic mass is 10.1. The summed E-state index contributed by atoms with van der Waals surface area (Å²) in [6.07, 6.45) is 0. The van der Waals surface area contributed by atoms with E-state index in [1.54, 1.807) is 49.6 Å². The van der Waals surface area contributed by atoms with Gasteiger partial charge in [-0.25, -0.2) is 0 Å². The smallest absolute Gasteiger partial charge is 0.270 e. The van der Waals surface area contributed by atoms with Crippen LogP contribution in [0.4, 0.5) is 11.4 Å². The Morgan fingerprint density at radius 2 is 1.93 bits per heavy atom. The molecule has 3 rings (SSSR count). The van der Waals surface area contributed by atoms with Gasteiger partial charge in [0.15, 0.2) is 0 Å². The summed E-state index contributed by atoms with van der Waals surface area (Å²) < 4.78 is 10.4. The molecule has 3 aromatic rings. The van der Waals surface area contributed by atoms with Crippen LogP contribution in [0.2, 0.25) is 0 Å². The fourth-order valence-electron chi connectivity index (χ4n) is 2.57. The molecule has 1 aromatic heterocycles. The number of amides is 1. The standard InChI is InChI=1S/C20H18N4O5S/c1-28-15-6-8-18(29-2)17(11-15)21-19(25)12-30-20-9-7-16(22-23-20)13-4-3-5-14(10-13)24(26)27/h3-11H,12H2,1-2H3,(H,21,25). The number of methoxy groups -OCH3 is 2. The Morgan fingerprint density at radius 1 is 1.10 bits per heavy atom. The molecule has 154 valence electrons. The van der Waals surface area contributed by atoms with Crippen molar-refractivity contribution in [3.63, 3.8) is 0 Å². The number of hydrogen-bond donors (Lipinski definition) is 1. The average Bonchev–Trinajstić information content (AvgIpc) is 2.78. The molecule has 1 N–H and O–H groups in total. The normalized spacial score (nSPS) is 10.3. The highest BCUT2D eigenvalue weighted by atomic mass is 32.2. The van der Waals surface area contributed by atoms with Gasteiger partial charge in [0, 0.05) is 23.8 Å². The molecule has 0 fully saturated rings. The number of ether oxygens (including phenoxy) is 2. The Balaban J connectivity index is 1.62. The van der Waals surface area contributed by atoms with Crippen LogP contribution < -0.4 is 14.8 Å². The number of hydrogen-bond acceptors (Lipinski definition) is 8. The Hall–Kier alpha value is -3.66. The van der Waals surface area contributed by atoms with Gasteiger partial charge in [-0.2, -0.15) is 0 Å². The number of carbonyl (C=O) groups excluding carboxylic acids is 1. The number of rotatable bonds is 8. The summed E-state index contributed by atoms with van der Waals surface area (Å²) in [4.78, 5) is 22.7. The number of aromatic nitrogens is 2. The minimum Gasteiger partial charge on any atom is -0.497 e. The SMILES string of the molecule is COc1ccc(OC)c(NC(=O)CSc2ccc(-c3cccc([N+](=O)[O-])c3)nn2)c1. The fourth-order valence-corrected chi connectivity index (χ4v) is 3.18. The third-order valence-electron chi connectivity index (χ3n) is 4.02. The third-order valence-corrected chi connectivity index (χ3v) is 4.94. The third kappa shape index (κ3) is 5.23. The fraction of sp³-hybridized carbons (Fsp3) is 0.150. The Labute approximate surface area is 176 Å². The maximum absolute atomic E-state index is 12.3. The Kier molecular flexibility index (Phi) is 6.81. The molecule has 30 heavy (non-hydrogen) atoms. The van der Waals surface area contributed by atoms with Crippen LogP contribution in [0.25, 0.3) is 11.3 Å². The van der Waals surface area contributed by atoms with Crippen molar-refractivity contribution < 1.29 is 19.2 Å². The molecular formula is C20H18N4O5S. The maximum atomic E-state index is 12.3. The van der Waals surface area contributed by atoms with Crippen LogP contribution in [0.1, 0.15) is 0 Å². The van der Waals surface area contributed by atoms with E-state index in [0.717, 1.165) is 0 Å². The van der Waals surface area contributed by atoms with E-state index in [1.165, 1.54) is 31.0 Å². The van der Waals surface area contributed by atoms with Gasteiger partial charge in [0.2, 0.25) is 5.91 Å². The van der Waals surface area contributed by atoms with E-state index in [-0.39, 0.29) is 17.3 Å². The average molecular weight is 426 g/mol. The molecule has 0 saturated carbocycles. The second kappa shape index (κ2) is 9.70. The topological polar surface area (TPSA) is 116 Å². The number of benzene rings is 2. The first-order valence-electron chi connectivity index (χ1n) is 8.73. The summed E-state index contributed by atoms with van der Waals surface area (Å²) in [5.41, 5.74) is 1.59. The number of non-ortho nitro benzene ring substituents is 1. The molecule has 2 aromatic carbocycles. The zero-order valence-corrected chi connectivity index (χ0v) is 17.0. The Morgan fingerprint density at radius 3 is 2.60 bits per heavy atom. The highest BCUT2D eigenvalue weighted by Gasteiger charge is 2.12. The van der Waals surface area contributed by atoms with Crippen LogP contribution in [0, 0.1) is 10.1 Å². The largest absolute Gasteiger partial charge is 0.497 e. The zero-order chi connectivity index (χ0) is 21.5. The van der Waals surface area contributed by atoms with E-state index >= 15 is 0 Å². The lowest BCUT2D eigenvalue weighted by Crippen LogP contribution is -2.15. The molecule has 0 saturated heterocycles. The lowest BCUT2D eigenvalue weighted by molar-refractivity contribution is -0.384. The molecule has 0 aliphatic carbocycles. The van der Waals surface area contributed by atoms with E-state index in [9.17, 15) is 14.9 Å². The van der Waals surface area contributed by atoms with Crippen molar-refractivity contribution in [2.24, 2.45) is 0 Å². The second-order valence-corrected chi connectivity index (χ2v) is 6.96. The monoisotopic (exact) mass is 426 g/mol. The molecule has 0 aliphatic heterocycles. The van der Waals surface area contributed by atoms with E-state index in [0.29, 0.717) is 33.5 Å². The number of nitrogens with zero attached hydrogens (tertiary/aromatic N) is 3. The molecule has 9 nitrogen and oxygen atoms in total. The van der Waals surface area contributed by atoms with Crippen molar-refractivity contribution in [2.45, 2.75) is 5.03 Å². The second-order valence-electron chi connectivity index (χ2n) is 5.97. The van der Waals surface area contributed by atoms with Crippen LogP contribution in [0.15, 0.2) is 59.6 Å². The first-order chi connectivity index (χ1) is 14.5. The minimum absolute atomic E-state index is 0.0163. The van der Waals surface area contributed by atoms with Crippen molar-refractivity contribution in [3.8, 4) is 22.8 Å². The van der Waals surface area contributed by atoms with Gasteiger partial charge >= 0.3 is 0 Å². The van der Waals surface area contributed by atoms with Gasteiger partial charge in [-0.05, 0) is 24.3 Å². The van der Waals surface area contributed by atoms with Crippen molar-refractivity contribution in [1.82, 2.24) is 10.2 Å². The number of nitrogens with one attached hydrogen (secondary N) is 1. The summed E-state index contributed by atoms with van der Waals surface area (Å²) in [5, 5.41) is 22.4. The molecule has 0 bridgehead atoms. The van der Waals surface area contributed by atoms with Gasteiger partial charge in [-0.15, -0.1) is 10.2 Å². The number of nitro groups is 1. The first kappa shape index (κ1) is 21.1. The van der Waals surface area contributed by atoms with Crippen molar-refractivity contribution >= 4 is 29.0 Å². The van der Waals surface area contributed by atoms with Gasteiger partial charge < -0.3 is 14.8 Å². The van der Waals surface area contributed by atoms with Gasteiger partial charge in [0.05, 0.1) is 36.3 Å². The number of thioether (sulfide) groups is 1. The van der Waals surface area contributed by atoms with Crippen molar-refractivity contribution in [1.29, 1.82) is 0 Å². The molecule has 1 amide bonds. The molecule has 0 unspecified atom stereocenters.